The summed E-state index contributed by atoms with van der Waals surface area (Å²) in [6.07, 6.45) is 7.51. The molecule has 1 N–H and O–H groups in total. The summed E-state index contributed by atoms with van der Waals surface area (Å²) in [5.41, 5.74) is 2.05. The number of rotatable bonds is 7. The largest absolute Gasteiger partial charge is 0.480 e. The van der Waals surface area contributed by atoms with E-state index < -0.39 is 12.0 Å². The van der Waals surface area contributed by atoms with Crippen molar-refractivity contribution in [3.8, 4) is 0 Å². The number of halogens is 1. The number of benzene rings is 1. The van der Waals surface area contributed by atoms with Gasteiger partial charge in [-0.05, 0) is 37.0 Å². The van der Waals surface area contributed by atoms with E-state index in [1.165, 1.54) is 17.0 Å². The molecule has 2 fully saturated rings. The molecule has 30 heavy (non-hydrogen) atoms. The normalized spacial score (nSPS) is 22.2. The van der Waals surface area contributed by atoms with Gasteiger partial charge in [-0.3, -0.25) is 14.5 Å². The summed E-state index contributed by atoms with van der Waals surface area (Å²) in [5, 5.41) is 8.93. The molecular weight excluding hydrogens is 405 g/mol. The van der Waals surface area contributed by atoms with Gasteiger partial charge in [0.1, 0.15) is 12.4 Å². The van der Waals surface area contributed by atoms with Gasteiger partial charge >= 0.3 is 5.97 Å². The summed E-state index contributed by atoms with van der Waals surface area (Å²) in [5.74, 6) is -1.19. The Labute approximate surface area is 179 Å². The predicted molar refractivity (Wildman–Crippen MR) is 114 cm³/mol. The van der Waals surface area contributed by atoms with Gasteiger partial charge in [-0.25, -0.2) is 9.37 Å². The molecule has 0 radical (unpaired) electrons. The molecule has 0 bridgehead atoms. The number of aliphatic carboxylic acids is 1. The number of carbonyl (C=O) groups is 2. The summed E-state index contributed by atoms with van der Waals surface area (Å²) in [6, 6.07) is 5.90. The van der Waals surface area contributed by atoms with Crippen molar-refractivity contribution < 1.29 is 19.1 Å². The first-order valence-electron chi connectivity index (χ1n) is 10.1. The van der Waals surface area contributed by atoms with Crippen molar-refractivity contribution in [2.75, 3.05) is 13.1 Å². The van der Waals surface area contributed by atoms with Crippen LogP contribution in [0.5, 0.6) is 0 Å². The molecule has 0 spiro atoms. The number of thiol groups is 1. The highest BCUT2D eigenvalue weighted by Gasteiger charge is 2.40. The first-order valence-corrected chi connectivity index (χ1v) is 10.6. The van der Waals surface area contributed by atoms with Crippen molar-refractivity contribution in [2.45, 2.75) is 37.1 Å². The molecule has 2 aliphatic rings. The first kappa shape index (κ1) is 20.8. The third-order valence-electron chi connectivity index (χ3n) is 5.62. The molecule has 2 atom stereocenters. The summed E-state index contributed by atoms with van der Waals surface area (Å²) in [6.45, 7) is 0.978. The van der Waals surface area contributed by atoms with E-state index in [-0.39, 0.29) is 29.3 Å². The molecule has 2 unspecified atom stereocenters. The minimum Gasteiger partial charge on any atom is -0.480 e. The Hall–Kier alpha value is -2.45. The van der Waals surface area contributed by atoms with E-state index >= 15 is 0 Å². The molecule has 1 saturated heterocycles. The molecule has 1 aromatic heterocycles. The molecule has 8 heteroatoms. The van der Waals surface area contributed by atoms with E-state index in [0.29, 0.717) is 24.3 Å². The number of likely N-dealkylation sites (tertiary alicyclic amines) is 1. The number of aromatic nitrogens is 2. The number of carbonyl (C=O) groups excluding carboxylic acids is 1. The second-order valence-electron chi connectivity index (χ2n) is 7.96. The summed E-state index contributed by atoms with van der Waals surface area (Å²) in [7, 11) is 0. The van der Waals surface area contributed by atoms with Gasteiger partial charge in [-0.15, -0.1) is 0 Å². The predicted octanol–water partition coefficient (Wildman–Crippen LogP) is 3.21. The van der Waals surface area contributed by atoms with Gasteiger partial charge in [0.15, 0.2) is 5.78 Å². The molecule has 1 aliphatic heterocycles. The maximum atomic E-state index is 14.6. The Balaban J connectivity index is 1.60. The summed E-state index contributed by atoms with van der Waals surface area (Å²) >= 11 is 4.69. The van der Waals surface area contributed by atoms with Crippen LogP contribution >= 0.6 is 12.6 Å². The number of ketones is 1. The Kier molecular flexibility index (Phi) is 6.06. The van der Waals surface area contributed by atoms with Crippen molar-refractivity contribution in [1.82, 2.24) is 14.5 Å². The second kappa shape index (κ2) is 8.73. The topological polar surface area (TPSA) is 75.4 Å². The fourth-order valence-corrected chi connectivity index (χ4v) is 4.23. The fraction of sp³-hybridized carbons (Fsp3) is 0.409. The average molecular weight is 430 g/mol. The minimum atomic E-state index is -0.936. The lowest BCUT2D eigenvalue weighted by molar-refractivity contribution is -0.137. The lowest BCUT2D eigenvalue weighted by atomic mass is 9.93. The van der Waals surface area contributed by atoms with Crippen molar-refractivity contribution in [3.05, 3.63) is 59.4 Å². The lowest BCUT2D eigenvalue weighted by Gasteiger charge is -2.37. The quantitative estimate of drug-likeness (QED) is 0.661. The van der Waals surface area contributed by atoms with Crippen LogP contribution in [-0.4, -0.2) is 49.6 Å². The van der Waals surface area contributed by atoms with Crippen LogP contribution in [0.2, 0.25) is 0 Å². The molecule has 158 valence electrons. The standard InChI is InChI=1S/C22H24FN3O3S/c23-18-4-2-1-3-17(18)21(22(29)14-5-6-14)26-8-7-19(30)15(10-26)9-16-11-25(13-24-16)12-20(27)28/h1-4,9,11,13-14,19,21,30H,5-8,10,12H2,(H,27,28)/b15-9-. The van der Waals surface area contributed by atoms with Crippen LogP contribution in [0.15, 0.2) is 42.4 Å². The first-order chi connectivity index (χ1) is 14.4. The number of hydrogen-bond acceptors (Lipinski definition) is 5. The lowest BCUT2D eigenvalue weighted by Crippen LogP contribution is -2.42. The number of carboxylic acids is 1. The molecule has 4 rings (SSSR count). The van der Waals surface area contributed by atoms with E-state index in [1.54, 1.807) is 24.4 Å². The maximum absolute atomic E-state index is 14.6. The van der Waals surface area contributed by atoms with Crippen molar-refractivity contribution in [1.29, 1.82) is 0 Å². The molecule has 2 aromatic rings. The van der Waals surface area contributed by atoms with Gasteiger partial charge in [0.25, 0.3) is 0 Å². The van der Waals surface area contributed by atoms with Crippen LogP contribution in [0, 0.1) is 11.7 Å². The molecule has 6 nitrogen and oxygen atoms in total. The van der Waals surface area contributed by atoms with Gasteiger partial charge in [-0.1, -0.05) is 18.2 Å². The smallest absolute Gasteiger partial charge is 0.323 e. The van der Waals surface area contributed by atoms with Gasteiger partial charge in [0.2, 0.25) is 0 Å². The number of imidazole rings is 1. The van der Waals surface area contributed by atoms with E-state index in [0.717, 1.165) is 24.8 Å². The maximum Gasteiger partial charge on any atom is 0.323 e. The number of hydrogen-bond donors (Lipinski definition) is 2. The molecule has 1 saturated carbocycles. The molecule has 0 amide bonds. The highest BCUT2D eigenvalue weighted by Crippen LogP contribution is 2.39. The zero-order valence-electron chi connectivity index (χ0n) is 16.4. The van der Waals surface area contributed by atoms with Crippen LogP contribution in [0.4, 0.5) is 4.39 Å². The number of carboxylic acid groups (broad SMARTS) is 1. The summed E-state index contributed by atoms with van der Waals surface area (Å²) < 4.78 is 16.1. The van der Waals surface area contributed by atoms with Crippen LogP contribution in [-0.2, 0) is 16.1 Å². The Morgan fingerprint density at radius 3 is 2.77 bits per heavy atom. The van der Waals surface area contributed by atoms with Crippen LogP contribution in [0.3, 0.4) is 0 Å². The summed E-state index contributed by atoms with van der Waals surface area (Å²) in [4.78, 5) is 30.3. The van der Waals surface area contributed by atoms with Crippen molar-refractivity contribution >= 4 is 30.5 Å². The van der Waals surface area contributed by atoms with Gasteiger partial charge in [-0.2, -0.15) is 12.6 Å². The number of Topliss-reactive ketones (excluding diaryl/α,β-unsaturated/α-hetero) is 1. The van der Waals surface area contributed by atoms with Gasteiger partial charge in [0, 0.05) is 36.0 Å². The fourth-order valence-electron chi connectivity index (χ4n) is 3.96. The van der Waals surface area contributed by atoms with Crippen LogP contribution in [0.1, 0.15) is 36.6 Å². The van der Waals surface area contributed by atoms with Gasteiger partial charge in [0.05, 0.1) is 18.1 Å². The van der Waals surface area contributed by atoms with Gasteiger partial charge < -0.3 is 9.67 Å². The second-order valence-corrected chi connectivity index (χ2v) is 8.58. The Bertz CT molecular complexity index is 986. The zero-order chi connectivity index (χ0) is 21.3. The zero-order valence-corrected chi connectivity index (χ0v) is 17.3. The SMILES string of the molecule is O=C(O)Cn1cnc(/C=C2/CN(C(C(=O)C3CC3)c3ccccc3F)CCC2S)c1. The Morgan fingerprint density at radius 2 is 2.07 bits per heavy atom. The average Bonchev–Trinajstić information content (AvgIpc) is 3.47. The monoisotopic (exact) mass is 429 g/mol. The number of nitrogens with zero attached hydrogens (tertiary/aromatic N) is 3. The number of piperidine rings is 1. The van der Waals surface area contributed by atoms with E-state index in [2.05, 4.69) is 17.6 Å². The minimum absolute atomic E-state index is 0.00294. The van der Waals surface area contributed by atoms with Crippen molar-refractivity contribution in [3.63, 3.8) is 0 Å². The van der Waals surface area contributed by atoms with Crippen LogP contribution < -0.4 is 0 Å². The third-order valence-corrected chi connectivity index (χ3v) is 6.21. The van der Waals surface area contributed by atoms with Crippen LogP contribution in [0.25, 0.3) is 6.08 Å². The molecular formula is C22H24FN3O3S. The highest BCUT2D eigenvalue weighted by atomic mass is 32.1. The van der Waals surface area contributed by atoms with E-state index in [1.807, 2.05) is 11.0 Å². The third kappa shape index (κ3) is 4.65. The van der Waals surface area contributed by atoms with E-state index in [4.69, 9.17) is 5.11 Å². The molecule has 2 heterocycles. The highest BCUT2D eigenvalue weighted by molar-refractivity contribution is 7.81. The van der Waals surface area contributed by atoms with E-state index in [9.17, 15) is 14.0 Å². The van der Waals surface area contributed by atoms with Crippen molar-refractivity contribution in [2.24, 2.45) is 5.92 Å². The molecule has 1 aliphatic carbocycles. The molecule has 1 aromatic carbocycles. The Morgan fingerprint density at radius 1 is 1.30 bits per heavy atom.